The minimum absolute atomic E-state index is 0.0832. The Labute approximate surface area is 131 Å². The molecule has 1 N–H and O–H groups in total. The van der Waals surface area contributed by atoms with Gasteiger partial charge in [0.25, 0.3) is 5.91 Å². The van der Waals surface area contributed by atoms with E-state index >= 15 is 0 Å². The molecule has 1 aromatic carbocycles. The molecule has 0 aliphatic rings. The van der Waals surface area contributed by atoms with Gasteiger partial charge in [-0.05, 0) is 38.5 Å². The molecule has 0 aliphatic heterocycles. The van der Waals surface area contributed by atoms with Crippen LogP contribution in [-0.4, -0.2) is 34.1 Å². The minimum atomic E-state index is -0.0832. The van der Waals surface area contributed by atoms with Crippen molar-refractivity contribution in [2.75, 3.05) is 18.4 Å². The fraction of sp³-hybridized carbons (Fsp3) is 0.353. The largest absolute Gasteiger partial charge is 0.362 e. The van der Waals surface area contributed by atoms with Crippen LogP contribution in [0.5, 0.6) is 0 Å². The number of hydrogen-bond donors (Lipinski definition) is 1. The highest BCUT2D eigenvalue weighted by Crippen LogP contribution is 2.17. The van der Waals surface area contributed by atoms with Crippen molar-refractivity contribution in [3.63, 3.8) is 0 Å². The Morgan fingerprint density at radius 1 is 1.09 bits per heavy atom. The number of aromatic nitrogens is 2. The van der Waals surface area contributed by atoms with Crippen molar-refractivity contribution < 1.29 is 4.79 Å². The Balaban J connectivity index is 2.04. The summed E-state index contributed by atoms with van der Waals surface area (Å²) in [4.78, 5) is 13.9. The first-order valence-electron chi connectivity index (χ1n) is 7.60. The van der Waals surface area contributed by atoms with Crippen LogP contribution in [0.3, 0.4) is 0 Å². The van der Waals surface area contributed by atoms with Crippen LogP contribution >= 0.6 is 0 Å². The van der Waals surface area contributed by atoms with Crippen molar-refractivity contribution >= 4 is 11.7 Å². The third-order valence-corrected chi connectivity index (χ3v) is 3.60. The lowest BCUT2D eigenvalue weighted by atomic mass is 10.1. The molecule has 2 aromatic rings. The lowest BCUT2D eigenvalue weighted by Crippen LogP contribution is -2.31. The molecule has 1 unspecified atom stereocenters. The van der Waals surface area contributed by atoms with Crippen LogP contribution in [0.1, 0.15) is 42.9 Å². The fourth-order valence-electron chi connectivity index (χ4n) is 2.24. The molecule has 0 spiro atoms. The molecule has 0 saturated carbocycles. The van der Waals surface area contributed by atoms with Crippen molar-refractivity contribution in [1.82, 2.24) is 15.1 Å². The van der Waals surface area contributed by atoms with Crippen molar-refractivity contribution in [3.8, 4) is 0 Å². The van der Waals surface area contributed by atoms with Gasteiger partial charge in [-0.25, -0.2) is 0 Å². The molecule has 0 fully saturated rings. The summed E-state index contributed by atoms with van der Waals surface area (Å²) >= 11 is 0. The average molecular weight is 298 g/mol. The number of carbonyl (C=O) groups is 1. The van der Waals surface area contributed by atoms with E-state index in [-0.39, 0.29) is 11.9 Å². The molecule has 2 rings (SSSR count). The third-order valence-electron chi connectivity index (χ3n) is 3.60. The molecule has 1 atom stereocenters. The Morgan fingerprint density at radius 2 is 1.77 bits per heavy atom. The van der Waals surface area contributed by atoms with Gasteiger partial charge in [-0.1, -0.05) is 30.3 Å². The summed E-state index contributed by atoms with van der Waals surface area (Å²) < 4.78 is 0. The van der Waals surface area contributed by atoms with Gasteiger partial charge in [0, 0.05) is 19.1 Å². The lowest BCUT2D eigenvalue weighted by Gasteiger charge is -2.18. The molecule has 0 saturated heterocycles. The van der Waals surface area contributed by atoms with Gasteiger partial charge in [0.15, 0.2) is 5.69 Å². The summed E-state index contributed by atoms with van der Waals surface area (Å²) in [6.07, 6.45) is 0. The van der Waals surface area contributed by atoms with Gasteiger partial charge in [-0.15, -0.1) is 10.2 Å². The van der Waals surface area contributed by atoms with E-state index in [1.54, 1.807) is 17.0 Å². The number of benzene rings is 1. The van der Waals surface area contributed by atoms with E-state index in [0.29, 0.717) is 24.6 Å². The van der Waals surface area contributed by atoms with Gasteiger partial charge in [0.05, 0.1) is 0 Å². The highest BCUT2D eigenvalue weighted by molar-refractivity contribution is 5.92. The molecule has 22 heavy (non-hydrogen) atoms. The molecule has 1 heterocycles. The maximum Gasteiger partial charge on any atom is 0.274 e. The lowest BCUT2D eigenvalue weighted by molar-refractivity contribution is 0.0766. The zero-order valence-electron chi connectivity index (χ0n) is 13.3. The average Bonchev–Trinajstić information content (AvgIpc) is 2.57. The second-order valence-electron chi connectivity index (χ2n) is 5.06. The highest BCUT2D eigenvalue weighted by Gasteiger charge is 2.14. The number of carbonyl (C=O) groups excluding carboxylic acids is 1. The van der Waals surface area contributed by atoms with Crippen LogP contribution in [0.4, 0.5) is 5.82 Å². The molecular weight excluding hydrogens is 276 g/mol. The standard InChI is InChI=1S/C17H22N4O/c1-4-21(5-2)17(22)15-11-12-16(20-19-15)18-13(3)14-9-7-6-8-10-14/h6-13H,4-5H2,1-3H3,(H,18,20). The van der Waals surface area contributed by atoms with Gasteiger partial charge < -0.3 is 10.2 Å². The van der Waals surface area contributed by atoms with Gasteiger partial charge in [-0.2, -0.15) is 0 Å². The number of anilines is 1. The quantitative estimate of drug-likeness (QED) is 0.890. The zero-order valence-corrected chi connectivity index (χ0v) is 13.3. The molecule has 0 radical (unpaired) electrons. The maximum atomic E-state index is 12.2. The predicted octanol–water partition coefficient (Wildman–Crippen LogP) is 3.13. The molecule has 5 heteroatoms. The monoisotopic (exact) mass is 298 g/mol. The van der Waals surface area contributed by atoms with E-state index in [0.717, 1.165) is 0 Å². The van der Waals surface area contributed by atoms with E-state index in [1.807, 2.05) is 32.0 Å². The second kappa shape index (κ2) is 7.54. The van der Waals surface area contributed by atoms with Crippen LogP contribution in [0.25, 0.3) is 0 Å². The van der Waals surface area contributed by atoms with E-state index in [1.165, 1.54) is 5.56 Å². The van der Waals surface area contributed by atoms with Crippen LogP contribution in [-0.2, 0) is 0 Å². The fourth-order valence-corrected chi connectivity index (χ4v) is 2.24. The molecule has 1 amide bonds. The van der Waals surface area contributed by atoms with Gasteiger partial charge in [-0.3, -0.25) is 4.79 Å². The first-order valence-corrected chi connectivity index (χ1v) is 7.60. The van der Waals surface area contributed by atoms with Crippen LogP contribution in [0, 0.1) is 0 Å². The van der Waals surface area contributed by atoms with Crippen molar-refractivity contribution in [3.05, 3.63) is 53.7 Å². The number of amides is 1. The van der Waals surface area contributed by atoms with Crippen molar-refractivity contribution in [1.29, 1.82) is 0 Å². The maximum absolute atomic E-state index is 12.2. The number of nitrogens with zero attached hydrogens (tertiary/aromatic N) is 3. The summed E-state index contributed by atoms with van der Waals surface area (Å²) in [5, 5.41) is 11.4. The van der Waals surface area contributed by atoms with Gasteiger partial charge in [0.1, 0.15) is 5.82 Å². The Bertz CT molecular complexity index is 594. The Hall–Kier alpha value is -2.43. The molecule has 0 aliphatic carbocycles. The third kappa shape index (κ3) is 3.81. The second-order valence-corrected chi connectivity index (χ2v) is 5.06. The van der Waals surface area contributed by atoms with Crippen molar-refractivity contribution in [2.45, 2.75) is 26.8 Å². The highest BCUT2D eigenvalue weighted by atomic mass is 16.2. The van der Waals surface area contributed by atoms with E-state index in [2.05, 4.69) is 34.6 Å². The number of nitrogens with one attached hydrogen (secondary N) is 1. The summed E-state index contributed by atoms with van der Waals surface area (Å²) in [7, 11) is 0. The van der Waals surface area contributed by atoms with Crippen LogP contribution in [0.2, 0.25) is 0 Å². The first kappa shape index (κ1) is 15.9. The predicted molar refractivity (Wildman–Crippen MR) is 87.8 cm³/mol. The van der Waals surface area contributed by atoms with E-state index in [4.69, 9.17) is 0 Å². The van der Waals surface area contributed by atoms with E-state index < -0.39 is 0 Å². The van der Waals surface area contributed by atoms with Gasteiger partial charge in [0.2, 0.25) is 0 Å². The van der Waals surface area contributed by atoms with Crippen LogP contribution in [0.15, 0.2) is 42.5 Å². The Morgan fingerprint density at radius 3 is 2.32 bits per heavy atom. The SMILES string of the molecule is CCN(CC)C(=O)c1ccc(NC(C)c2ccccc2)nn1. The smallest absolute Gasteiger partial charge is 0.274 e. The molecule has 116 valence electrons. The molecule has 0 bridgehead atoms. The number of hydrogen-bond acceptors (Lipinski definition) is 4. The first-order chi connectivity index (χ1) is 10.7. The molecular formula is C17H22N4O. The number of rotatable bonds is 6. The zero-order chi connectivity index (χ0) is 15.9. The molecule has 1 aromatic heterocycles. The van der Waals surface area contributed by atoms with Crippen molar-refractivity contribution in [2.24, 2.45) is 0 Å². The Kier molecular flexibility index (Phi) is 5.47. The topological polar surface area (TPSA) is 58.1 Å². The minimum Gasteiger partial charge on any atom is -0.362 e. The summed E-state index contributed by atoms with van der Waals surface area (Å²) in [5.74, 6) is 0.576. The summed E-state index contributed by atoms with van der Waals surface area (Å²) in [5.41, 5.74) is 1.55. The van der Waals surface area contributed by atoms with Crippen LogP contribution < -0.4 is 5.32 Å². The molecule has 5 nitrogen and oxygen atoms in total. The van der Waals surface area contributed by atoms with E-state index in [9.17, 15) is 4.79 Å². The van der Waals surface area contributed by atoms with Gasteiger partial charge >= 0.3 is 0 Å². The normalized spacial score (nSPS) is 11.8. The summed E-state index contributed by atoms with van der Waals surface area (Å²) in [6, 6.07) is 13.8. The summed E-state index contributed by atoms with van der Waals surface area (Å²) in [6.45, 7) is 7.30.